The second kappa shape index (κ2) is 10.0. The number of methoxy groups -OCH3 is 1. The van der Waals surface area contributed by atoms with Crippen LogP contribution in [0.15, 0.2) is 42.5 Å². The van der Waals surface area contributed by atoms with Gasteiger partial charge in [0.1, 0.15) is 0 Å². The Labute approximate surface area is 198 Å². The maximum Gasteiger partial charge on any atom is 0.338 e. The van der Waals surface area contributed by atoms with Gasteiger partial charge in [-0.15, -0.1) is 0 Å². The third-order valence-electron chi connectivity index (χ3n) is 6.35. The maximum atomic E-state index is 12.5. The smallest absolute Gasteiger partial charge is 0.338 e. The van der Waals surface area contributed by atoms with Crippen LogP contribution in [0.1, 0.15) is 61.6 Å². The Morgan fingerprint density at radius 1 is 0.971 bits per heavy atom. The maximum absolute atomic E-state index is 12.5. The van der Waals surface area contributed by atoms with E-state index in [1.165, 1.54) is 18.2 Å². The summed E-state index contributed by atoms with van der Waals surface area (Å²) in [6.07, 6.45) is 4.00. The lowest BCUT2D eigenvalue weighted by Gasteiger charge is -2.08. The number of fused-ring (bicyclic) bond motifs is 1. The molecule has 0 bridgehead atoms. The van der Waals surface area contributed by atoms with Crippen molar-refractivity contribution in [2.45, 2.75) is 46.0 Å². The highest BCUT2D eigenvalue weighted by Crippen LogP contribution is 2.23. The first-order valence-corrected chi connectivity index (χ1v) is 11.4. The molecule has 0 spiro atoms. The van der Waals surface area contributed by atoms with E-state index in [0.717, 1.165) is 41.9 Å². The second-order valence-electron chi connectivity index (χ2n) is 8.52. The zero-order valence-corrected chi connectivity index (χ0v) is 19.7. The Kier molecular flexibility index (Phi) is 6.91. The van der Waals surface area contributed by atoms with E-state index >= 15 is 0 Å². The molecule has 7 heteroatoms. The van der Waals surface area contributed by atoms with Crippen molar-refractivity contribution in [2.75, 3.05) is 13.7 Å². The molecule has 1 aliphatic rings. The van der Waals surface area contributed by atoms with Crippen LogP contribution in [0.2, 0.25) is 0 Å². The van der Waals surface area contributed by atoms with Gasteiger partial charge in [-0.3, -0.25) is 9.59 Å². The van der Waals surface area contributed by atoms with E-state index in [9.17, 15) is 14.4 Å². The number of carbonyl (C=O) groups excluding carboxylic acids is 3. The minimum Gasteiger partial charge on any atom is -0.469 e. The van der Waals surface area contributed by atoms with Gasteiger partial charge in [0.2, 0.25) is 0 Å². The van der Waals surface area contributed by atoms with Crippen molar-refractivity contribution in [3.63, 3.8) is 0 Å². The molecule has 0 aliphatic heterocycles. The van der Waals surface area contributed by atoms with Crippen molar-refractivity contribution in [1.82, 2.24) is 9.78 Å². The quantitative estimate of drug-likeness (QED) is 0.371. The van der Waals surface area contributed by atoms with Gasteiger partial charge in [-0.25, -0.2) is 9.48 Å². The Hall–Kier alpha value is -3.74. The van der Waals surface area contributed by atoms with E-state index in [1.54, 1.807) is 28.9 Å². The lowest BCUT2D eigenvalue weighted by atomic mass is 10.0. The molecule has 0 saturated carbocycles. The van der Waals surface area contributed by atoms with Gasteiger partial charge < -0.3 is 9.47 Å². The monoisotopic (exact) mass is 460 g/mol. The molecule has 4 rings (SSSR count). The van der Waals surface area contributed by atoms with Crippen LogP contribution in [-0.2, 0) is 33.5 Å². The Morgan fingerprint density at radius 2 is 1.68 bits per heavy atom. The summed E-state index contributed by atoms with van der Waals surface area (Å²) in [6.45, 7) is 3.56. The van der Waals surface area contributed by atoms with Crippen LogP contribution in [0.3, 0.4) is 0 Å². The first-order valence-electron chi connectivity index (χ1n) is 11.4. The third-order valence-corrected chi connectivity index (χ3v) is 6.35. The standard InChI is InChI=1S/C27H28N2O5/c1-17-24(13-14-26(31)33-3)18(2)29(28-17)23-11-9-20(10-12-23)27(32)34-16-25(30)22-8-7-19-5-4-6-21(19)15-22/h7-12,15H,4-6,13-14,16H2,1-3H3. The predicted molar refractivity (Wildman–Crippen MR) is 126 cm³/mol. The third kappa shape index (κ3) is 4.93. The average Bonchev–Trinajstić information content (AvgIpc) is 3.44. The topological polar surface area (TPSA) is 87.5 Å². The molecule has 34 heavy (non-hydrogen) atoms. The molecule has 3 aromatic rings. The highest BCUT2D eigenvalue weighted by atomic mass is 16.5. The highest BCUT2D eigenvalue weighted by molar-refractivity contribution is 5.99. The molecule has 0 atom stereocenters. The predicted octanol–water partition coefficient (Wildman–Crippen LogP) is 4.12. The van der Waals surface area contributed by atoms with Crippen molar-refractivity contribution in [1.29, 1.82) is 0 Å². The van der Waals surface area contributed by atoms with Gasteiger partial charge in [0.05, 0.1) is 24.1 Å². The average molecular weight is 461 g/mol. The van der Waals surface area contributed by atoms with E-state index in [4.69, 9.17) is 9.47 Å². The molecule has 1 heterocycles. The summed E-state index contributed by atoms with van der Waals surface area (Å²) < 4.78 is 11.8. The molecule has 0 N–H and O–H groups in total. The zero-order valence-electron chi connectivity index (χ0n) is 19.7. The number of aromatic nitrogens is 2. The van der Waals surface area contributed by atoms with Crippen molar-refractivity contribution < 1.29 is 23.9 Å². The van der Waals surface area contributed by atoms with Crippen molar-refractivity contribution in [2.24, 2.45) is 0 Å². The van der Waals surface area contributed by atoms with E-state index in [1.807, 2.05) is 32.0 Å². The number of ketones is 1. The fourth-order valence-corrected chi connectivity index (χ4v) is 4.40. The summed E-state index contributed by atoms with van der Waals surface area (Å²) in [5.74, 6) is -1.01. The molecule has 0 fully saturated rings. The molecule has 176 valence electrons. The van der Waals surface area contributed by atoms with Crippen LogP contribution in [0.4, 0.5) is 0 Å². The summed E-state index contributed by atoms with van der Waals surface area (Å²) in [5.41, 5.74) is 7.01. The summed E-state index contributed by atoms with van der Waals surface area (Å²) in [6, 6.07) is 12.6. The van der Waals surface area contributed by atoms with Gasteiger partial charge in [0, 0.05) is 17.7 Å². The molecule has 0 amide bonds. The van der Waals surface area contributed by atoms with Crippen LogP contribution in [0.25, 0.3) is 5.69 Å². The summed E-state index contributed by atoms with van der Waals surface area (Å²) in [5, 5.41) is 4.58. The normalized spacial score (nSPS) is 12.3. The summed E-state index contributed by atoms with van der Waals surface area (Å²) in [7, 11) is 1.38. The fraction of sp³-hybridized carbons (Fsp3) is 0.333. The number of ether oxygens (including phenoxy) is 2. The molecule has 1 aliphatic carbocycles. The number of rotatable bonds is 8. The second-order valence-corrected chi connectivity index (χ2v) is 8.52. The summed E-state index contributed by atoms with van der Waals surface area (Å²) in [4.78, 5) is 36.5. The zero-order chi connectivity index (χ0) is 24.2. The summed E-state index contributed by atoms with van der Waals surface area (Å²) >= 11 is 0. The number of nitrogens with zero attached hydrogens (tertiary/aromatic N) is 2. The van der Waals surface area contributed by atoms with Crippen LogP contribution in [0, 0.1) is 13.8 Å². The molecule has 0 saturated heterocycles. The minimum absolute atomic E-state index is 0.207. The van der Waals surface area contributed by atoms with Crippen molar-refractivity contribution in [3.8, 4) is 5.69 Å². The number of carbonyl (C=O) groups is 3. The first kappa shape index (κ1) is 23.4. The lowest BCUT2D eigenvalue weighted by Crippen LogP contribution is -2.14. The van der Waals surface area contributed by atoms with Crippen molar-refractivity contribution in [3.05, 3.63) is 81.7 Å². The highest BCUT2D eigenvalue weighted by Gasteiger charge is 2.17. The number of hydrogen-bond acceptors (Lipinski definition) is 6. The molecule has 1 aromatic heterocycles. The number of hydrogen-bond donors (Lipinski definition) is 0. The van der Waals surface area contributed by atoms with Crippen LogP contribution < -0.4 is 0 Å². The number of benzene rings is 2. The number of esters is 2. The van der Waals surface area contributed by atoms with Gasteiger partial charge in [0.25, 0.3) is 0 Å². The van der Waals surface area contributed by atoms with Gasteiger partial charge in [-0.2, -0.15) is 5.10 Å². The molecular formula is C27H28N2O5. The van der Waals surface area contributed by atoms with Crippen LogP contribution in [-0.4, -0.2) is 41.2 Å². The lowest BCUT2D eigenvalue weighted by molar-refractivity contribution is -0.140. The van der Waals surface area contributed by atoms with Gasteiger partial charge in [-0.1, -0.05) is 12.1 Å². The van der Waals surface area contributed by atoms with Gasteiger partial charge in [-0.05, 0) is 86.6 Å². The molecule has 7 nitrogen and oxygen atoms in total. The molecule has 0 unspecified atom stereocenters. The largest absolute Gasteiger partial charge is 0.469 e. The molecular weight excluding hydrogens is 432 g/mol. The van der Waals surface area contributed by atoms with E-state index in [0.29, 0.717) is 24.0 Å². The van der Waals surface area contributed by atoms with Gasteiger partial charge in [0.15, 0.2) is 12.4 Å². The Balaban J connectivity index is 1.39. The van der Waals surface area contributed by atoms with Crippen LogP contribution in [0.5, 0.6) is 0 Å². The molecule has 0 radical (unpaired) electrons. The SMILES string of the molecule is COC(=O)CCc1c(C)nn(-c2ccc(C(=O)OCC(=O)c3ccc4c(c3)CCC4)cc2)c1C. The number of aryl methyl sites for hydroxylation is 3. The minimum atomic E-state index is -0.548. The fourth-order valence-electron chi connectivity index (χ4n) is 4.40. The Morgan fingerprint density at radius 3 is 2.41 bits per heavy atom. The van der Waals surface area contributed by atoms with E-state index in [2.05, 4.69) is 5.10 Å². The van der Waals surface area contributed by atoms with E-state index in [-0.39, 0.29) is 18.4 Å². The first-order chi connectivity index (χ1) is 16.4. The van der Waals surface area contributed by atoms with E-state index < -0.39 is 5.97 Å². The van der Waals surface area contributed by atoms with Crippen molar-refractivity contribution >= 4 is 17.7 Å². The molecule has 2 aromatic carbocycles. The Bertz CT molecular complexity index is 1240. The number of Topliss-reactive ketones (excluding diaryl/α,β-unsaturated/α-hetero) is 1. The van der Waals surface area contributed by atoms with Gasteiger partial charge >= 0.3 is 11.9 Å². The van der Waals surface area contributed by atoms with Crippen LogP contribution >= 0.6 is 0 Å².